The van der Waals surface area contributed by atoms with Crippen molar-refractivity contribution < 1.29 is 14.6 Å². The molecule has 1 atom stereocenters. The van der Waals surface area contributed by atoms with Crippen molar-refractivity contribution in [2.75, 3.05) is 7.11 Å². The SMILES string of the molecule is CCCCCC/C=C\C/C=C\C/C=C\C=C\[C@H](O)CCCC(=O)OC. The van der Waals surface area contributed by atoms with Gasteiger partial charge >= 0.3 is 5.97 Å². The molecule has 0 aliphatic rings. The molecule has 1 N–H and O–H groups in total. The van der Waals surface area contributed by atoms with Crippen LogP contribution in [0.2, 0.25) is 0 Å². The summed E-state index contributed by atoms with van der Waals surface area (Å²) in [5.41, 5.74) is 0. The largest absolute Gasteiger partial charge is 0.469 e. The lowest BCUT2D eigenvalue weighted by Gasteiger charge is -2.03. The molecule has 0 rings (SSSR count). The molecule has 0 aromatic carbocycles. The van der Waals surface area contributed by atoms with E-state index in [0.29, 0.717) is 19.3 Å². The topological polar surface area (TPSA) is 46.5 Å². The van der Waals surface area contributed by atoms with Crippen LogP contribution in [0, 0.1) is 0 Å². The molecule has 0 bridgehead atoms. The van der Waals surface area contributed by atoms with Crippen LogP contribution >= 0.6 is 0 Å². The van der Waals surface area contributed by atoms with Crippen molar-refractivity contribution in [1.29, 1.82) is 0 Å². The average molecular weight is 349 g/mol. The van der Waals surface area contributed by atoms with Gasteiger partial charge in [0.25, 0.3) is 0 Å². The normalized spacial score (nSPS) is 13.6. The molecule has 0 aliphatic carbocycles. The van der Waals surface area contributed by atoms with Gasteiger partial charge in [0.05, 0.1) is 13.2 Å². The Balaban J connectivity index is 3.60. The van der Waals surface area contributed by atoms with E-state index in [1.54, 1.807) is 6.08 Å². The molecule has 3 heteroatoms. The monoisotopic (exact) mass is 348 g/mol. The van der Waals surface area contributed by atoms with Crippen LogP contribution in [-0.2, 0) is 9.53 Å². The molecular formula is C22H36O3. The zero-order valence-electron chi connectivity index (χ0n) is 16.0. The van der Waals surface area contributed by atoms with Crippen LogP contribution in [0.25, 0.3) is 0 Å². The van der Waals surface area contributed by atoms with E-state index >= 15 is 0 Å². The minimum Gasteiger partial charge on any atom is -0.469 e. The summed E-state index contributed by atoms with van der Waals surface area (Å²) in [6.45, 7) is 2.24. The standard InChI is InChI=1S/C22H36O3/c1-3-4-5-6-7-8-9-10-11-12-13-14-15-16-18-21(23)19-17-20-22(24)25-2/h8-9,11-12,14-16,18,21,23H,3-7,10,13,17,19-20H2,1-2H3/b9-8-,12-11-,15-14-,18-16+/t21-/m0/s1. The van der Waals surface area contributed by atoms with Gasteiger partial charge in [-0.25, -0.2) is 0 Å². The maximum atomic E-state index is 10.9. The minimum absolute atomic E-state index is 0.228. The van der Waals surface area contributed by atoms with E-state index in [1.165, 1.54) is 39.2 Å². The van der Waals surface area contributed by atoms with E-state index < -0.39 is 6.10 Å². The van der Waals surface area contributed by atoms with Gasteiger partial charge in [-0.1, -0.05) is 74.8 Å². The lowest BCUT2D eigenvalue weighted by Crippen LogP contribution is -2.05. The zero-order valence-corrected chi connectivity index (χ0v) is 16.0. The molecule has 0 saturated heterocycles. The summed E-state index contributed by atoms with van der Waals surface area (Å²) in [4.78, 5) is 10.9. The number of aliphatic hydroxyl groups excluding tert-OH is 1. The van der Waals surface area contributed by atoms with Crippen molar-refractivity contribution in [2.45, 2.75) is 77.2 Å². The third kappa shape index (κ3) is 18.6. The van der Waals surface area contributed by atoms with Gasteiger partial charge in [0, 0.05) is 6.42 Å². The molecule has 0 saturated carbocycles. The van der Waals surface area contributed by atoms with E-state index in [9.17, 15) is 9.90 Å². The maximum Gasteiger partial charge on any atom is 0.305 e. The van der Waals surface area contributed by atoms with Crippen LogP contribution in [0.5, 0.6) is 0 Å². The number of hydrogen-bond acceptors (Lipinski definition) is 3. The number of aliphatic hydroxyl groups is 1. The summed E-state index contributed by atoms with van der Waals surface area (Å²) in [6, 6.07) is 0. The van der Waals surface area contributed by atoms with Gasteiger partial charge in [0.2, 0.25) is 0 Å². The quantitative estimate of drug-likeness (QED) is 0.180. The van der Waals surface area contributed by atoms with E-state index in [-0.39, 0.29) is 5.97 Å². The van der Waals surface area contributed by atoms with Crippen molar-refractivity contribution in [3.8, 4) is 0 Å². The Kier molecular flexibility index (Phi) is 17.5. The van der Waals surface area contributed by atoms with Gasteiger partial charge in [-0.2, -0.15) is 0 Å². The van der Waals surface area contributed by atoms with Gasteiger partial charge in [-0.3, -0.25) is 4.79 Å². The Morgan fingerprint density at radius 1 is 0.960 bits per heavy atom. The van der Waals surface area contributed by atoms with E-state index in [1.807, 2.05) is 12.2 Å². The molecule has 0 aromatic heterocycles. The lowest BCUT2D eigenvalue weighted by molar-refractivity contribution is -0.140. The van der Waals surface area contributed by atoms with Crippen molar-refractivity contribution in [1.82, 2.24) is 0 Å². The number of allylic oxidation sites excluding steroid dienone is 7. The number of methoxy groups -OCH3 is 1. The van der Waals surface area contributed by atoms with Gasteiger partial charge in [0.15, 0.2) is 0 Å². The molecule has 3 nitrogen and oxygen atoms in total. The van der Waals surface area contributed by atoms with Crippen LogP contribution in [0.4, 0.5) is 0 Å². The Labute approximate surface area is 154 Å². The molecule has 0 fully saturated rings. The molecule has 0 amide bonds. The second-order valence-electron chi connectivity index (χ2n) is 6.11. The number of unbranched alkanes of at least 4 members (excludes halogenated alkanes) is 4. The molecule has 25 heavy (non-hydrogen) atoms. The van der Waals surface area contributed by atoms with Crippen LogP contribution in [0.3, 0.4) is 0 Å². The second kappa shape index (κ2) is 18.7. The first kappa shape index (κ1) is 23.4. The fraction of sp³-hybridized carbons (Fsp3) is 0.591. The zero-order chi connectivity index (χ0) is 18.6. The Hall–Kier alpha value is -1.61. The van der Waals surface area contributed by atoms with Crippen molar-refractivity contribution in [3.63, 3.8) is 0 Å². The smallest absolute Gasteiger partial charge is 0.305 e. The fourth-order valence-electron chi connectivity index (χ4n) is 2.26. The van der Waals surface area contributed by atoms with Gasteiger partial charge in [-0.05, 0) is 38.5 Å². The van der Waals surface area contributed by atoms with Crippen LogP contribution < -0.4 is 0 Å². The molecule has 142 valence electrons. The van der Waals surface area contributed by atoms with Crippen LogP contribution in [-0.4, -0.2) is 24.3 Å². The predicted octanol–water partition coefficient (Wildman–Crippen LogP) is 5.67. The van der Waals surface area contributed by atoms with E-state index in [0.717, 1.165) is 12.8 Å². The maximum absolute atomic E-state index is 10.9. The molecule has 0 aliphatic heterocycles. The molecular weight excluding hydrogens is 312 g/mol. The Morgan fingerprint density at radius 3 is 2.40 bits per heavy atom. The van der Waals surface area contributed by atoms with Crippen LogP contribution in [0.1, 0.15) is 71.1 Å². The third-order valence-electron chi connectivity index (χ3n) is 3.79. The number of esters is 1. The van der Waals surface area contributed by atoms with Crippen molar-refractivity contribution in [2.24, 2.45) is 0 Å². The molecule has 0 radical (unpaired) electrons. The van der Waals surface area contributed by atoms with Gasteiger partial charge in [0.1, 0.15) is 0 Å². The summed E-state index contributed by atoms with van der Waals surface area (Å²) in [6.07, 6.45) is 25.9. The highest BCUT2D eigenvalue weighted by atomic mass is 16.5. The number of rotatable bonds is 15. The first-order valence-electron chi connectivity index (χ1n) is 9.58. The summed E-state index contributed by atoms with van der Waals surface area (Å²) in [5.74, 6) is -0.228. The highest BCUT2D eigenvalue weighted by Gasteiger charge is 2.02. The first-order chi connectivity index (χ1) is 12.2. The van der Waals surface area contributed by atoms with Crippen LogP contribution in [0.15, 0.2) is 48.6 Å². The van der Waals surface area contributed by atoms with Crippen molar-refractivity contribution in [3.05, 3.63) is 48.6 Å². The number of hydrogen-bond donors (Lipinski definition) is 1. The summed E-state index contributed by atoms with van der Waals surface area (Å²) in [5, 5.41) is 9.73. The van der Waals surface area contributed by atoms with E-state index in [4.69, 9.17) is 0 Å². The van der Waals surface area contributed by atoms with Gasteiger partial charge < -0.3 is 9.84 Å². The fourth-order valence-corrected chi connectivity index (χ4v) is 2.26. The predicted molar refractivity (Wildman–Crippen MR) is 106 cm³/mol. The minimum atomic E-state index is -0.507. The summed E-state index contributed by atoms with van der Waals surface area (Å²) < 4.78 is 4.56. The Morgan fingerprint density at radius 2 is 1.68 bits per heavy atom. The average Bonchev–Trinajstić information content (AvgIpc) is 2.61. The first-order valence-corrected chi connectivity index (χ1v) is 9.58. The van der Waals surface area contributed by atoms with E-state index in [2.05, 4.69) is 42.0 Å². The number of carbonyl (C=O) groups is 1. The molecule has 0 heterocycles. The second-order valence-corrected chi connectivity index (χ2v) is 6.11. The molecule has 0 spiro atoms. The molecule has 0 aromatic rings. The summed E-state index contributed by atoms with van der Waals surface area (Å²) >= 11 is 0. The van der Waals surface area contributed by atoms with Crippen molar-refractivity contribution >= 4 is 5.97 Å². The Bertz CT molecular complexity index is 419. The lowest BCUT2D eigenvalue weighted by atomic mass is 10.1. The number of carbonyl (C=O) groups excluding carboxylic acids is 1. The third-order valence-corrected chi connectivity index (χ3v) is 3.79. The summed E-state index contributed by atoms with van der Waals surface area (Å²) in [7, 11) is 1.38. The molecule has 0 unspecified atom stereocenters. The highest BCUT2D eigenvalue weighted by Crippen LogP contribution is 2.04. The highest BCUT2D eigenvalue weighted by molar-refractivity contribution is 5.68. The number of ether oxygens (including phenoxy) is 1. The van der Waals surface area contributed by atoms with Gasteiger partial charge in [-0.15, -0.1) is 0 Å².